The van der Waals surface area contributed by atoms with Crippen LogP contribution in [0.1, 0.15) is 12.5 Å². The van der Waals surface area contributed by atoms with E-state index >= 15 is 0 Å². The molecule has 0 aliphatic rings. The fraction of sp³-hybridized carbons (Fsp3) is 0.308. The molecule has 108 valence electrons. The van der Waals surface area contributed by atoms with Crippen molar-refractivity contribution in [1.29, 1.82) is 0 Å². The van der Waals surface area contributed by atoms with Gasteiger partial charge in [0.15, 0.2) is 0 Å². The van der Waals surface area contributed by atoms with Gasteiger partial charge < -0.3 is 16.0 Å². The SMILES string of the molecule is CC(=O)NCCNC(=O)C(=O)Nc1cccc(Cl)c1C. The Kier molecular flexibility index (Phi) is 5.99. The highest BCUT2D eigenvalue weighted by atomic mass is 35.5. The maximum atomic E-state index is 11.7. The molecule has 20 heavy (non-hydrogen) atoms. The van der Waals surface area contributed by atoms with Gasteiger partial charge in [-0.1, -0.05) is 17.7 Å². The third-order valence-electron chi connectivity index (χ3n) is 2.51. The van der Waals surface area contributed by atoms with Crippen molar-refractivity contribution in [3.63, 3.8) is 0 Å². The number of hydrogen-bond donors (Lipinski definition) is 3. The molecule has 0 saturated heterocycles. The van der Waals surface area contributed by atoms with Crippen molar-refractivity contribution in [2.24, 2.45) is 0 Å². The smallest absolute Gasteiger partial charge is 0.313 e. The molecule has 0 aliphatic carbocycles. The fourth-order valence-corrected chi connectivity index (χ4v) is 1.59. The summed E-state index contributed by atoms with van der Waals surface area (Å²) in [6.45, 7) is 3.56. The molecule has 3 N–H and O–H groups in total. The lowest BCUT2D eigenvalue weighted by Crippen LogP contribution is -2.39. The molecular formula is C13H16ClN3O3. The molecule has 1 rings (SSSR count). The normalized spacial score (nSPS) is 9.75. The number of hydrogen-bond acceptors (Lipinski definition) is 3. The van der Waals surface area contributed by atoms with E-state index in [0.29, 0.717) is 16.3 Å². The number of halogens is 1. The molecule has 0 aliphatic heterocycles. The first-order chi connectivity index (χ1) is 9.41. The van der Waals surface area contributed by atoms with Gasteiger partial charge in [-0.05, 0) is 24.6 Å². The summed E-state index contributed by atoms with van der Waals surface area (Å²) >= 11 is 5.92. The molecule has 0 fully saturated rings. The summed E-state index contributed by atoms with van der Waals surface area (Å²) in [6, 6.07) is 5.03. The van der Waals surface area contributed by atoms with Crippen LogP contribution in [-0.4, -0.2) is 30.8 Å². The van der Waals surface area contributed by atoms with E-state index in [1.165, 1.54) is 6.92 Å². The maximum Gasteiger partial charge on any atom is 0.313 e. The Labute approximate surface area is 121 Å². The van der Waals surface area contributed by atoms with Gasteiger partial charge in [-0.15, -0.1) is 0 Å². The van der Waals surface area contributed by atoms with Crippen LogP contribution in [0.2, 0.25) is 5.02 Å². The minimum atomic E-state index is -0.779. The van der Waals surface area contributed by atoms with E-state index in [2.05, 4.69) is 16.0 Å². The number of rotatable bonds is 4. The van der Waals surface area contributed by atoms with E-state index in [1.54, 1.807) is 25.1 Å². The van der Waals surface area contributed by atoms with Crippen LogP contribution in [0.4, 0.5) is 5.69 Å². The summed E-state index contributed by atoms with van der Waals surface area (Å²) in [5, 5.41) is 7.88. The second-order valence-corrected chi connectivity index (χ2v) is 4.51. The van der Waals surface area contributed by atoms with Crippen molar-refractivity contribution in [1.82, 2.24) is 10.6 Å². The molecular weight excluding hydrogens is 282 g/mol. The predicted octanol–water partition coefficient (Wildman–Crippen LogP) is 0.839. The monoisotopic (exact) mass is 297 g/mol. The van der Waals surface area contributed by atoms with E-state index < -0.39 is 11.8 Å². The quantitative estimate of drug-likeness (QED) is 0.568. The molecule has 0 atom stereocenters. The average molecular weight is 298 g/mol. The van der Waals surface area contributed by atoms with Crippen LogP contribution in [0, 0.1) is 6.92 Å². The Morgan fingerprint density at radius 1 is 1.10 bits per heavy atom. The third-order valence-corrected chi connectivity index (χ3v) is 2.92. The van der Waals surface area contributed by atoms with E-state index in [0.717, 1.165) is 0 Å². The van der Waals surface area contributed by atoms with Gasteiger partial charge in [0.2, 0.25) is 5.91 Å². The molecule has 7 heteroatoms. The van der Waals surface area contributed by atoms with Crippen LogP contribution in [0.25, 0.3) is 0 Å². The largest absolute Gasteiger partial charge is 0.355 e. The molecule has 0 unspecified atom stereocenters. The van der Waals surface area contributed by atoms with Crippen LogP contribution in [0.15, 0.2) is 18.2 Å². The third kappa shape index (κ3) is 4.89. The average Bonchev–Trinajstić information content (AvgIpc) is 2.39. The first-order valence-electron chi connectivity index (χ1n) is 6.00. The molecule has 0 saturated carbocycles. The van der Waals surface area contributed by atoms with Gasteiger partial charge in [0.25, 0.3) is 0 Å². The number of nitrogens with one attached hydrogen (secondary N) is 3. The highest BCUT2D eigenvalue weighted by Gasteiger charge is 2.14. The Balaban J connectivity index is 2.48. The molecule has 1 aromatic carbocycles. The maximum absolute atomic E-state index is 11.7. The van der Waals surface area contributed by atoms with Crippen molar-refractivity contribution in [2.45, 2.75) is 13.8 Å². The number of carbonyl (C=O) groups is 3. The van der Waals surface area contributed by atoms with Crippen LogP contribution < -0.4 is 16.0 Å². The summed E-state index contributed by atoms with van der Waals surface area (Å²) in [6.07, 6.45) is 0. The van der Waals surface area contributed by atoms with Gasteiger partial charge in [0.05, 0.1) is 0 Å². The van der Waals surface area contributed by atoms with Crippen LogP contribution in [0.3, 0.4) is 0 Å². The lowest BCUT2D eigenvalue weighted by molar-refractivity contribution is -0.136. The van der Waals surface area contributed by atoms with E-state index in [1.807, 2.05) is 0 Å². The lowest BCUT2D eigenvalue weighted by Gasteiger charge is -2.09. The highest BCUT2D eigenvalue weighted by molar-refractivity contribution is 6.40. The topological polar surface area (TPSA) is 87.3 Å². The number of amides is 3. The van der Waals surface area contributed by atoms with Gasteiger partial charge in [0.1, 0.15) is 0 Å². The summed E-state index contributed by atoms with van der Waals surface area (Å²) in [5.41, 5.74) is 1.17. The Hall–Kier alpha value is -2.08. The Morgan fingerprint density at radius 2 is 1.75 bits per heavy atom. The molecule has 0 aromatic heterocycles. The standard InChI is InChI=1S/C13H16ClN3O3/c1-8-10(14)4-3-5-11(8)17-13(20)12(19)16-7-6-15-9(2)18/h3-5H,6-7H2,1-2H3,(H,15,18)(H,16,19)(H,17,20). The second kappa shape index (κ2) is 7.49. The second-order valence-electron chi connectivity index (χ2n) is 4.11. The van der Waals surface area contributed by atoms with Gasteiger partial charge in [0, 0.05) is 30.7 Å². The summed E-state index contributed by atoms with van der Waals surface area (Å²) in [4.78, 5) is 33.8. The zero-order valence-electron chi connectivity index (χ0n) is 11.2. The van der Waals surface area contributed by atoms with E-state index in [-0.39, 0.29) is 19.0 Å². The first-order valence-corrected chi connectivity index (χ1v) is 6.38. The zero-order chi connectivity index (χ0) is 15.1. The lowest BCUT2D eigenvalue weighted by atomic mass is 10.2. The molecule has 6 nitrogen and oxygen atoms in total. The summed E-state index contributed by atoms with van der Waals surface area (Å²) < 4.78 is 0. The summed E-state index contributed by atoms with van der Waals surface area (Å²) in [5.74, 6) is -1.74. The van der Waals surface area contributed by atoms with Crippen molar-refractivity contribution in [2.75, 3.05) is 18.4 Å². The zero-order valence-corrected chi connectivity index (χ0v) is 12.0. The van der Waals surface area contributed by atoms with Crippen LogP contribution in [-0.2, 0) is 14.4 Å². The first kappa shape index (κ1) is 16.0. The summed E-state index contributed by atoms with van der Waals surface area (Å²) in [7, 11) is 0. The van der Waals surface area contributed by atoms with Gasteiger partial charge in [-0.2, -0.15) is 0 Å². The van der Waals surface area contributed by atoms with Gasteiger partial charge in [-0.25, -0.2) is 0 Å². The molecule has 0 bridgehead atoms. The predicted molar refractivity (Wildman–Crippen MR) is 76.5 cm³/mol. The minimum absolute atomic E-state index is 0.181. The number of benzene rings is 1. The van der Waals surface area contributed by atoms with E-state index in [4.69, 9.17) is 11.6 Å². The Bertz CT molecular complexity index is 532. The Morgan fingerprint density at radius 3 is 2.40 bits per heavy atom. The highest BCUT2D eigenvalue weighted by Crippen LogP contribution is 2.22. The molecule has 1 aromatic rings. The minimum Gasteiger partial charge on any atom is -0.355 e. The molecule has 0 spiro atoms. The van der Waals surface area contributed by atoms with Crippen molar-refractivity contribution in [3.8, 4) is 0 Å². The molecule has 3 amide bonds. The molecule has 0 heterocycles. The fourth-order valence-electron chi connectivity index (χ4n) is 1.42. The van der Waals surface area contributed by atoms with Crippen LogP contribution in [0.5, 0.6) is 0 Å². The van der Waals surface area contributed by atoms with Gasteiger partial charge in [-0.3, -0.25) is 14.4 Å². The number of carbonyl (C=O) groups excluding carboxylic acids is 3. The van der Waals surface area contributed by atoms with Crippen molar-refractivity contribution >= 4 is 35.0 Å². The number of anilines is 1. The van der Waals surface area contributed by atoms with Crippen molar-refractivity contribution < 1.29 is 14.4 Å². The van der Waals surface area contributed by atoms with Gasteiger partial charge >= 0.3 is 11.8 Å². The van der Waals surface area contributed by atoms with Crippen LogP contribution >= 0.6 is 11.6 Å². The molecule has 0 radical (unpaired) electrons. The van der Waals surface area contributed by atoms with Crippen molar-refractivity contribution in [3.05, 3.63) is 28.8 Å². The van der Waals surface area contributed by atoms with E-state index in [9.17, 15) is 14.4 Å².